The van der Waals surface area contributed by atoms with E-state index in [0.717, 1.165) is 12.8 Å². The zero-order valence-electron chi connectivity index (χ0n) is 8.71. The van der Waals surface area contributed by atoms with Crippen LogP contribution in [0.3, 0.4) is 0 Å². The maximum Gasteiger partial charge on any atom is -0.0345 e. The van der Waals surface area contributed by atoms with Crippen molar-refractivity contribution in [1.82, 2.24) is 0 Å². The topological polar surface area (TPSA) is 0 Å². The van der Waals surface area contributed by atoms with E-state index >= 15 is 0 Å². The number of allylic oxidation sites excluding steroid dienone is 6. The van der Waals surface area contributed by atoms with Crippen molar-refractivity contribution in [3.05, 3.63) is 43.4 Å². The summed E-state index contributed by atoms with van der Waals surface area (Å²) in [5, 5.41) is 0. The minimum absolute atomic E-state index is 0.879. The zero-order chi connectivity index (χ0) is 9.78. The van der Waals surface area contributed by atoms with Gasteiger partial charge in [0, 0.05) is 0 Å². The highest BCUT2D eigenvalue weighted by atomic mass is 13.8. The van der Waals surface area contributed by atoms with Gasteiger partial charge in [-0.2, -0.15) is 0 Å². The van der Waals surface area contributed by atoms with E-state index in [2.05, 4.69) is 50.3 Å². The van der Waals surface area contributed by atoms with Crippen LogP contribution in [0.15, 0.2) is 36.5 Å². The van der Waals surface area contributed by atoms with Crippen molar-refractivity contribution >= 4 is 0 Å². The van der Waals surface area contributed by atoms with E-state index in [1.54, 1.807) is 0 Å². The summed E-state index contributed by atoms with van der Waals surface area (Å²) in [5.41, 5.74) is 0. The largest absolute Gasteiger partial charge is 0.0888 e. The first kappa shape index (κ1) is 12.2. The van der Waals surface area contributed by atoms with Crippen molar-refractivity contribution in [2.24, 2.45) is 0 Å². The number of unbranched alkanes of at least 4 members (excludes halogenated alkanes) is 2. The summed E-state index contributed by atoms with van der Waals surface area (Å²) in [4.78, 5) is 0. The molecule has 73 valence electrons. The molecule has 0 saturated heterocycles. The van der Waals surface area contributed by atoms with Gasteiger partial charge in [-0.1, -0.05) is 43.4 Å². The van der Waals surface area contributed by atoms with Crippen LogP contribution in [0.2, 0.25) is 0 Å². The smallest absolute Gasteiger partial charge is 0.0345 e. The molecule has 0 aliphatic carbocycles. The lowest BCUT2D eigenvalue weighted by Gasteiger charge is -1.88. The van der Waals surface area contributed by atoms with Gasteiger partial charge in [-0.15, -0.1) is 0 Å². The van der Waals surface area contributed by atoms with E-state index in [0.29, 0.717) is 0 Å². The van der Waals surface area contributed by atoms with Gasteiger partial charge in [0.2, 0.25) is 0 Å². The van der Waals surface area contributed by atoms with Crippen LogP contribution in [0.5, 0.6) is 0 Å². The molecule has 0 fully saturated rings. The fourth-order valence-electron chi connectivity index (χ4n) is 0.988. The van der Waals surface area contributed by atoms with Crippen molar-refractivity contribution in [2.75, 3.05) is 0 Å². The third kappa shape index (κ3) is 11.2. The Labute approximate surface area is 83.0 Å². The van der Waals surface area contributed by atoms with E-state index < -0.39 is 0 Å². The Balaban J connectivity index is 3.20. The fourth-order valence-corrected chi connectivity index (χ4v) is 0.988. The lowest BCUT2D eigenvalue weighted by atomic mass is 10.2. The number of hydrogen-bond acceptors (Lipinski definition) is 0. The van der Waals surface area contributed by atoms with Crippen molar-refractivity contribution in [1.29, 1.82) is 0 Å². The number of hydrogen-bond donors (Lipinski definition) is 0. The molecule has 0 spiro atoms. The average molecular weight is 177 g/mol. The molecule has 1 radical (unpaired) electrons. The summed E-state index contributed by atoms with van der Waals surface area (Å²) in [6.45, 7) is 5.89. The molecule has 0 rings (SSSR count). The van der Waals surface area contributed by atoms with Gasteiger partial charge in [0.05, 0.1) is 0 Å². The van der Waals surface area contributed by atoms with Crippen LogP contribution >= 0.6 is 0 Å². The quantitative estimate of drug-likeness (QED) is 0.306. The maximum absolute atomic E-state index is 3.72. The summed E-state index contributed by atoms with van der Waals surface area (Å²) < 4.78 is 0. The molecular weight excluding hydrogens is 156 g/mol. The van der Waals surface area contributed by atoms with Gasteiger partial charge in [0.1, 0.15) is 0 Å². The van der Waals surface area contributed by atoms with Crippen molar-refractivity contribution < 1.29 is 0 Å². The normalized spacial score (nSPS) is 12.5. The second kappa shape index (κ2) is 11.2. The molecule has 0 saturated carbocycles. The van der Waals surface area contributed by atoms with E-state index in [9.17, 15) is 0 Å². The Kier molecular flexibility index (Phi) is 10.5. The molecule has 0 bridgehead atoms. The van der Waals surface area contributed by atoms with Gasteiger partial charge in [-0.3, -0.25) is 0 Å². The second-order valence-corrected chi connectivity index (χ2v) is 2.96. The SMILES string of the molecule is [CH2]CC=CC=CCCCC=CCC. The first-order valence-corrected chi connectivity index (χ1v) is 5.17. The van der Waals surface area contributed by atoms with Gasteiger partial charge in [-0.05, 0) is 39.0 Å². The summed E-state index contributed by atoms with van der Waals surface area (Å²) in [7, 11) is 0. The van der Waals surface area contributed by atoms with Crippen LogP contribution in [0.25, 0.3) is 0 Å². The van der Waals surface area contributed by atoms with Crippen LogP contribution in [-0.2, 0) is 0 Å². The lowest BCUT2D eigenvalue weighted by Crippen LogP contribution is -1.68. The van der Waals surface area contributed by atoms with Gasteiger partial charge in [0.15, 0.2) is 0 Å². The predicted molar refractivity (Wildman–Crippen MR) is 61.5 cm³/mol. The molecule has 0 aliphatic heterocycles. The molecule has 0 aliphatic rings. The van der Waals surface area contributed by atoms with Crippen LogP contribution in [-0.4, -0.2) is 0 Å². The molecule has 0 N–H and O–H groups in total. The molecule has 0 amide bonds. The second-order valence-electron chi connectivity index (χ2n) is 2.96. The monoisotopic (exact) mass is 177 g/mol. The predicted octanol–water partition coefficient (Wildman–Crippen LogP) is 4.46. The van der Waals surface area contributed by atoms with Crippen molar-refractivity contribution in [3.63, 3.8) is 0 Å². The van der Waals surface area contributed by atoms with Gasteiger partial charge >= 0.3 is 0 Å². The third-order valence-corrected chi connectivity index (χ3v) is 1.69. The van der Waals surface area contributed by atoms with Gasteiger partial charge < -0.3 is 0 Å². The lowest BCUT2D eigenvalue weighted by molar-refractivity contribution is 0.865. The molecule has 0 nitrogen and oxygen atoms in total. The highest BCUT2D eigenvalue weighted by Gasteiger charge is 1.78. The third-order valence-electron chi connectivity index (χ3n) is 1.69. The van der Waals surface area contributed by atoms with Crippen molar-refractivity contribution in [3.8, 4) is 0 Å². The first-order chi connectivity index (χ1) is 6.41. The van der Waals surface area contributed by atoms with Crippen molar-refractivity contribution in [2.45, 2.75) is 39.0 Å². The minimum atomic E-state index is 0.879. The number of rotatable bonds is 7. The first-order valence-electron chi connectivity index (χ1n) is 5.17. The highest BCUT2D eigenvalue weighted by molar-refractivity contribution is 5.02. The molecule has 0 unspecified atom stereocenters. The average Bonchev–Trinajstić information content (AvgIpc) is 2.16. The molecule has 0 aromatic carbocycles. The minimum Gasteiger partial charge on any atom is -0.0888 e. The Morgan fingerprint density at radius 1 is 0.923 bits per heavy atom. The van der Waals surface area contributed by atoms with Crippen LogP contribution < -0.4 is 0 Å². The van der Waals surface area contributed by atoms with Crippen LogP contribution in [0.1, 0.15) is 39.0 Å². The van der Waals surface area contributed by atoms with E-state index in [-0.39, 0.29) is 0 Å². The van der Waals surface area contributed by atoms with E-state index in [1.807, 2.05) is 0 Å². The molecule has 0 heterocycles. The Hall–Kier alpha value is -0.780. The molecule has 0 heteroatoms. The summed E-state index contributed by atoms with van der Waals surface area (Å²) >= 11 is 0. The van der Waals surface area contributed by atoms with E-state index in [1.165, 1.54) is 19.3 Å². The Morgan fingerprint density at radius 2 is 1.62 bits per heavy atom. The van der Waals surface area contributed by atoms with Gasteiger partial charge in [-0.25, -0.2) is 0 Å². The highest BCUT2D eigenvalue weighted by Crippen LogP contribution is 1.98. The summed E-state index contributed by atoms with van der Waals surface area (Å²) in [5.74, 6) is 0. The molecule has 0 atom stereocenters. The standard InChI is InChI=1S/C13H21/c1-3-5-7-9-11-13-12-10-8-6-4-2/h5-9,11H,1,3-4,10,12-13H2,2H3. The Morgan fingerprint density at radius 3 is 2.31 bits per heavy atom. The van der Waals surface area contributed by atoms with E-state index in [4.69, 9.17) is 0 Å². The fraction of sp³-hybridized carbons (Fsp3) is 0.462. The maximum atomic E-state index is 3.72. The Bertz CT molecular complexity index is 161. The summed E-state index contributed by atoms with van der Waals surface area (Å²) in [6, 6.07) is 0. The van der Waals surface area contributed by atoms with Gasteiger partial charge in [0.25, 0.3) is 0 Å². The molecule has 0 aromatic heterocycles. The molecular formula is C13H21. The van der Waals surface area contributed by atoms with Crippen LogP contribution in [0.4, 0.5) is 0 Å². The summed E-state index contributed by atoms with van der Waals surface area (Å²) in [6.07, 6.45) is 18.6. The molecule has 13 heavy (non-hydrogen) atoms. The zero-order valence-corrected chi connectivity index (χ0v) is 8.71. The molecule has 0 aromatic rings. The van der Waals surface area contributed by atoms with Crippen LogP contribution in [0, 0.1) is 6.92 Å².